The van der Waals surface area contributed by atoms with E-state index in [1.165, 1.54) is 24.3 Å². The number of benzene rings is 2. The van der Waals surface area contributed by atoms with Crippen LogP contribution in [0, 0.1) is 0 Å². The highest BCUT2D eigenvalue weighted by Crippen LogP contribution is 2.17. The third-order valence-corrected chi connectivity index (χ3v) is 3.40. The predicted octanol–water partition coefficient (Wildman–Crippen LogP) is 3.32. The van der Waals surface area contributed by atoms with E-state index in [4.69, 9.17) is 0 Å². The first-order valence-electron chi connectivity index (χ1n) is 7.51. The van der Waals surface area contributed by atoms with Gasteiger partial charge in [0.05, 0.1) is 6.04 Å². The number of hydrogen-bond donors (Lipinski definition) is 1. The maximum atomic E-state index is 12.4. The highest BCUT2D eigenvalue weighted by atomic mass is 19.3. The van der Waals surface area contributed by atoms with Crippen LogP contribution in [-0.2, 0) is 0 Å². The smallest absolute Gasteiger partial charge is 0.387 e. The normalized spacial score (nSPS) is 12.2. The number of halogens is 2. The molecule has 1 atom stereocenters. The van der Waals surface area contributed by atoms with Crippen LogP contribution in [0.4, 0.5) is 8.78 Å². The van der Waals surface area contributed by atoms with E-state index in [9.17, 15) is 13.6 Å². The molecule has 0 aliphatic heterocycles. The molecule has 0 bridgehead atoms. The Morgan fingerprint density at radius 2 is 1.71 bits per heavy atom. The molecule has 0 radical (unpaired) electrons. The van der Waals surface area contributed by atoms with Gasteiger partial charge in [-0.05, 0) is 43.9 Å². The van der Waals surface area contributed by atoms with E-state index in [0.29, 0.717) is 12.1 Å². The first-order valence-corrected chi connectivity index (χ1v) is 7.51. The Morgan fingerprint density at radius 1 is 1.08 bits per heavy atom. The molecule has 0 unspecified atom stereocenters. The summed E-state index contributed by atoms with van der Waals surface area (Å²) in [5.41, 5.74) is 1.38. The molecule has 128 valence electrons. The molecule has 24 heavy (non-hydrogen) atoms. The lowest BCUT2D eigenvalue weighted by atomic mass is 10.1. The van der Waals surface area contributed by atoms with Gasteiger partial charge in [0.2, 0.25) is 0 Å². The van der Waals surface area contributed by atoms with Crippen molar-refractivity contribution in [1.82, 2.24) is 10.2 Å². The van der Waals surface area contributed by atoms with Gasteiger partial charge in [0, 0.05) is 12.1 Å². The molecule has 2 aromatic carbocycles. The van der Waals surface area contributed by atoms with Crippen LogP contribution in [0.2, 0.25) is 0 Å². The molecule has 6 heteroatoms. The van der Waals surface area contributed by atoms with Crippen LogP contribution in [0.3, 0.4) is 0 Å². The standard InChI is InChI=1S/C18H20F2N2O2/c1-22(2)12-16(13-6-4-3-5-7-13)21-17(23)14-8-10-15(11-9-14)24-18(19)20/h3-11,16,18H,12H2,1-2H3,(H,21,23)/t16-/m1/s1. The van der Waals surface area contributed by atoms with Crippen molar-refractivity contribution in [3.05, 3.63) is 65.7 Å². The van der Waals surface area contributed by atoms with E-state index >= 15 is 0 Å². The fraction of sp³-hybridized carbons (Fsp3) is 0.278. The van der Waals surface area contributed by atoms with E-state index in [-0.39, 0.29) is 17.7 Å². The second-order valence-electron chi connectivity index (χ2n) is 5.60. The van der Waals surface area contributed by atoms with Crippen LogP contribution in [0.25, 0.3) is 0 Å². The molecule has 0 aliphatic rings. The number of ether oxygens (including phenoxy) is 1. The second kappa shape index (κ2) is 8.40. The van der Waals surface area contributed by atoms with Crippen LogP contribution in [0.5, 0.6) is 5.75 Å². The summed E-state index contributed by atoms with van der Waals surface area (Å²) in [4.78, 5) is 14.4. The summed E-state index contributed by atoms with van der Waals surface area (Å²) >= 11 is 0. The Labute approximate surface area is 140 Å². The molecular formula is C18H20F2N2O2. The number of amides is 1. The number of rotatable bonds is 7. The summed E-state index contributed by atoms with van der Waals surface area (Å²) in [6.45, 7) is -2.24. The average molecular weight is 334 g/mol. The van der Waals surface area contributed by atoms with Gasteiger partial charge in [-0.25, -0.2) is 0 Å². The van der Waals surface area contributed by atoms with Crippen molar-refractivity contribution in [1.29, 1.82) is 0 Å². The Morgan fingerprint density at radius 3 is 2.25 bits per heavy atom. The van der Waals surface area contributed by atoms with Gasteiger partial charge in [0.25, 0.3) is 5.91 Å². The minimum absolute atomic E-state index is 0.0226. The van der Waals surface area contributed by atoms with Crippen molar-refractivity contribution in [2.75, 3.05) is 20.6 Å². The molecule has 0 spiro atoms. The molecule has 1 N–H and O–H groups in total. The highest BCUT2D eigenvalue weighted by Gasteiger charge is 2.16. The van der Waals surface area contributed by atoms with Crippen molar-refractivity contribution in [3.63, 3.8) is 0 Å². The van der Waals surface area contributed by atoms with Crippen molar-refractivity contribution < 1.29 is 18.3 Å². The first kappa shape index (κ1) is 17.9. The molecule has 4 nitrogen and oxygen atoms in total. The number of alkyl halides is 2. The fourth-order valence-electron chi connectivity index (χ4n) is 2.31. The Kier molecular flexibility index (Phi) is 6.26. The molecule has 0 fully saturated rings. The molecule has 2 rings (SSSR count). The monoisotopic (exact) mass is 334 g/mol. The van der Waals surface area contributed by atoms with E-state index in [2.05, 4.69) is 10.1 Å². The van der Waals surface area contributed by atoms with Gasteiger partial charge >= 0.3 is 6.61 Å². The SMILES string of the molecule is CN(C)C[C@@H](NC(=O)c1ccc(OC(F)F)cc1)c1ccccc1. The van der Waals surface area contributed by atoms with Crippen molar-refractivity contribution >= 4 is 5.91 Å². The van der Waals surface area contributed by atoms with Gasteiger partial charge in [0.1, 0.15) is 5.75 Å². The second-order valence-corrected chi connectivity index (χ2v) is 5.60. The lowest BCUT2D eigenvalue weighted by molar-refractivity contribution is -0.0498. The Balaban J connectivity index is 2.09. The van der Waals surface area contributed by atoms with Crippen molar-refractivity contribution in [2.45, 2.75) is 12.7 Å². The summed E-state index contributed by atoms with van der Waals surface area (Å²) in [6.07, 6.45) is 0. The van der Waals surface area contributed by atoms with Gasteiger partial charge in [-0.1, -0.05) is 30.3 Å². The van der Waals surface area contributed by atoms with E-state index in [1.54, 1.807) is 0 Å². The maximum absolute atomic E-state index is 12.4. The summed E-state index contributed by atoms with van der Waals surface area (Å²) in [7, 11) is 3.86. The summed E-state index contributed by atoms with van der Waals surface area (Å²) < 4.78 is 28.6. The maximum Gasteiger partial charge on any atom is 0.387 e. The number of likely N-dealkylation sites (N-methyl/N-ethyl adjacent to an activating group) is 1. The number of carbonyl (C=O) groups is 1. The van der Waals surface area contributed by atoms with Crippen LogP contribution in [-0.4, -0.2) is 38.1 Å². The number of nitrogens with zero attached hydrogens (tertiary/aromatic N) is 1. The third-order valence-electron chi connectivity index (χ3n) is 3.40. The van der Waals surface area contributed by atoms with Gasteiger partial charge < -0.3 is 15.0 Å². The molecule has 2 aromatic rings. The predicted molar refractivity (Wildman–Crippen MR) is 88.3 cm³/mol. The zero-order valence-electron chi connectivity index (χ0n) is 13.6. The minimum atomic E-state index is -2.88. The van der Waals surface area contributed by atoms with Gasteiger partial charge in [0.15, 0.2) is 0 Å². The minimum Gasteiger partial charge on any atom is -0.435 e. The molecule has 0 aliphatic carbocycles. The number of nitrogens with one attached hydrogen (secondary N) is 1. The van der Waals surface area contributed by atoms with Crippen molar-refractivity contribution in [3.8, 4) is 5.75 Å². The molecule has 0 heterocycles. The number of hydrogen-bond acceptors (Lipinski definition) is 3. The molecule has 0 saturated heterocycles. The van der Waals surface area contributed by atoms with E-state index in [1.807, 2.05) is 49.3 Å². The fourth-order valence-corrected chi connectivity index (χ4v) is 2.31. The van der Waals surface area contributed by atoms with Gasteiger partial charge in [-0.2, -0.15) is 8.78 Å². The van der Waals surface area contributed by atoms with Gasteiger partial charge in [-0.3, -0.25) is 4.79 Å². The highest BCUT2D eigenvalue weighted by molar-refractivity contribution is 5.94. The Hall–Kier alpha value is -2.47. The molecular weight excluding hydrogens is 314 g/mol. The molecule has 0 aromatic heterocycles. The number of carbonyl (C=O) groups excluding carboxylic acids is 1. The lowest BCUT2D eigenvalue weighted by Crippen LogP contribution is -2.35. The van der Waals surface area contributed by atoms with E-state index < -0.39 is 6.61 Å². The zero-order valence-corrected chi connectivity index (χ0v) is 13.6. The summed E-state index contributed by atoms with van der Waals surface area (Å²) in [5, 5.41) is 2.97. The summed E-state index contributed by atoms with van der Waals surface area (Å²) in [6, 6.07) is 15.1. The van der Waals surface area contributed by atoms with E-state index in [0.717, 1.165) is 5.56 Å². The zero-order chi connectivity index (χ0) is 17.5. The van der Waals surface area contributed by atoms with Crippen LogP contribution < -0.4 is 10.1 Å². The lowest BCUT2D eigenvalue weighted by Gasteiger charge is -2.23. The summed E-state index contributed by atoms with van der Waals surface area (Å²) in [5.74, 6) is -0.247. The largest absolute Gasteiger partial charge is 0.435 e. The van der Waals surface area contributed by atoms with Gasteiger partial charge in [-0.15, -0.1) is 0 Å². The van der Waals surface area contributed by atoms with Crippen LogP contribution in [0.1, 0.15) is 22.0 Å². The average Bonchev–Trinajstić information content (AvgIpc) is 2.54. The third kappa shape index (κ3) is 5.31. The topological polar surface area (TPSA) is 41.6 Å². The van der Waals surface area contributed by atoms with Crippen molar-refractivity contribution in [2.24, 2.45) is 0 Å². The molecule has 1 amide bonds. The quantitative estimate of drug-likeness (QED) is 0.844. The first-order chi connectivity index (χ1) is 11.5. The molecule has 0 saturated carbocycles. The Bertz CT molecular complexity index is 646. The van der Waals surface area contributed by atoms with Crippen LogP contribution >= 0.6 is 0 Å². The van der Waals surface area contributed by atoms with Crippen LogP contribution in [0.15, 0.2) is 54.6 Å².